The summed E-state index contributed by atoms with van der Waals surface area (Å²) in [5, 5.41) is 15.1. The van der Waals surface area contributed by atoms with E-state index in [1.54, 1.807) is 19.1 Å². The molecule has 2 heterocycles. The monoisotopic (exact) mass is 440 g/mol. The van der Waals surface area contributed by atoms with Crippen molar-refractivity contribution in [3.8, 4) is 0 Å². The van der Waals surface area contributed by atoms with Crippen LogP contribution in [0.2, 0.25) is 0 Å². The zero-order valence-corrected chi connectivity index (χ0v) is 17.6. The first kappa shape index (κ1) is 21.4. The number of nitrogens with zero attached hydrogens (tertiary/aromatic N) is 3. The molecule has 1 aliphatic heterocycles. The van der Waals surface area contributed by atoms with Crippen LogP contribution in [0.3, 0.4) is 0 Å². The molecule has 0 amide bonds. The molecule has 1 saturated heterocycles. The maximum Gasteiger partial charge on any atom is 0.345 e. The Kier molecular flexibility index (Phi) is 5.87. The lowest BCUT2D eigenvalue weighted by atomic mass is 10.1. The van der Waals surface area contributed by atoms with Crippen molar-refractivity contribution >= 4 is 39.6 Å². The van der Waals surface area contributed by atoms with Gasteiger partial charge in [-0.1, -0.05) is 6.07 Å². The van der Waals surface area contributed by atoms with E-state index < -0.39 is 22.4 Å². The van der Waals surface area contributed by atoms with Gasteiger partial charge in [-0.05, 0) is 36.8 Å². The second kappa shape index (κ2) is 8.75. The summed E-state index contributed by atoms with van der Waals surface area (Å²) in [6.07, 6.45) is 1.50. The van der Waals surface area contributed by atoms with Crippen LogP contribution in [0.5, 0.6) is 0 Å². The first-order valence-electron chi connectivity index (χ1n) is 9.95. The molecule has 9 nitrogen and oxygen atoms in total. The predicted octanol–water partition coefficient (Wildman–Crippen LogP) is 3.96. The molecule has 3 aromatic rings. The third-order valence-corrected chi connectivity index (χ3v) is 5.37. The lowest BCUT2D eigenvalue weighted by Crippen LogP contribution is -2.36. The van der Waals surface area contributed by atoms with E-state index in [1.165, 1.54) is 24.4 Å². The molecule has 10 heteroatoms. The maximum absolute atomic E-state index is 14.7. The number of ether oxygens (including phenoxy) is 2. The molecular weight excluding hydrogens is 419 g/mol. The van der Waals surface area contributed by atoms with E-state index in [4.69, 9.17) is 9.47 Å². The molecular formula is C22H21FN4O5. The van der Waals surface area contributed by atoms with Gasteiger partial charge in [-0.25, -0.2) is 9.18 Å². The second-order valence-electron chi connectivity index (χ2n) is 7.31. The van der Waals surface area contributed by atoms with Gasteiger partial charge in [-0.2, -0.15) is 0 Å². The SMILES string of the molecule is COC(=O)c1cc(N2CCOCC2)cc(Nc2ccnc3c(C)ccc(F)c23)c1[N+](=O)[O-]. The van der Waals surface area contributed by atoms with E-state index in [0.717, 1.165) is 12.7 Å². The Hall–Kier alpha value is -3.79. The van der Waals surface area contributed by atoms with Crippen molar-refractivity contribution in [3.05, 3.63) is 63.6 Å². The summed E-state index contributed by atoms with van der Waals surface area (Å²) in [5.74, 6) is -1.35. The van der Waals surface area contributed by atoms with Gasteiger partial charge >= 0.3 is 11.7 Å². The van der Waals surface area contributed by atoms with Crippen LogP contribution in [-0.2, 0) is 9.47 Å². The second-order valence-corrected chi connectivity index (χ2v) is 7.31. The Morgan fingerprint density at radius 3 is 2.69 bits per heavy atom. The number of morpholine rings is 1. The number of rotatable bonds is 5. The van der Waals surface area contributed by atoms with Gasteiger partial charge in [0.2, 0.25) is 0 Å². The standard InChI is InChI=1S/C22H21FN4O5/c1-13-3-4-16(23)19-17(5-6-24-20(13)19)25-18-12-14(26-7-9-32-10-8-26)11-15(22(28)31-2)21(18)27(29)30/h3-6,11-12H,7-10H2,1-2H3,(H,24,25). The van der Waals surface area contributed by atoms with Crippen LogP contribution in [0.1, 0.15) is 15.9 Å². The Morgan fingerprint density at radius 1 is 1.25 bits per heavy atom. The summed E-state index contributed by atoms with van der Waals surface area (Å²) in [6.45, 7) is 3.91. The number of nitrogens with one attached hydrogen (secondary N) is 1. The highest BCUT2D eigenvalue weighted by Gasteiger charge is 2.29. The third kappa shape index (κ3) is 3.92. The molecule has 0 atom stereocenters. The highest BCUT2D eigenvalue weighted by atomic mass is 19.1. The Morgan fingerprint density at radius 2 is 2.00 bits per heavy atom. The quantitative estimate of drug-likeness (QED) is 0.361. The number of methoxy groups -OCH3 is 1. The highest BCUT2D eigenvalue weighted by molar-refractivity contribution is 6.01. The van der Waals surface area contributed by atoms with Crippen molar-refractivity contribution < 1.29 is 23.6 Å². The van der Waals surface area contributed by atoms with Gasteiger partial charge in [0.05, 0.1) is 41.8 Å². The average Bonchev–Trinajstić information content (AvgIpc) is 2.81. The third-order valence-electron chi connectivity index (χ3n) is 5.37. The fourth-order valence-electron chi connectivity index (χ4n) is 3.79. The summed E-state index contributed by atoms with van der Waals surface area (Å²) in [5.41, 5.74) is 1.50. The van der Waals surface area contributed by atoms with Gasteiger partial charge in [0.25, 0.3) is 0 Å². The minimum Gasteiger partial charge on any atom is -0.465 e. The first-order valence-corrected chi connectivity index (χ1v) is 9.95. The maximum atomic E-state index is 14.7. The number of esters is 1. The van der Waals surface area contributed by atoms with Crippen molar-refractivity contribution in [3.63, 3.8) is 0 Å². The van der Waals surface area contributed by atoms with Crippen molar-refractivity contribution in [2.75, 3.05) is 43.6 Å². The summed E-state index contributed by atoms with van der Waals surface area (Å²) in [7, 11) is 1.16. The molecule has 0 radical (unpaired) electrons. The largest absolute Gasteiger partial charge is 0.465 e. The van der Waals surface area contributed by atoms with E-state index in [9.17, 15) is 19.3 Å². The van der Waals surface area contributed by atoms with Crippen LogP contribution in [0, 0.1) is 22.9 Å². The molecule has 1 N–H and O–H groups in total. The lowest BCUT2D eigenvalue weighted by molar-refractivity contribution is -0.384. The van der Waals surface area contributed by atoms with Crippen molar-refractivity contribution in [1.82, 2.24) is 4.98 Å². The summed E-state index contributed by atoms with van der Waals surface area (Å²) in [6, 6.07) is 7.49. The van der Waals surface area contributed by atoms with Crippen molar-refractivity contribution in [2.24, 2.45) is 0 Å². The molecule has 2 aromatic carbocycles. The van der Waals surface area contributed by atoms with Crippen LogP contribution in [0.15, 0.2) is 36.5 Å². The number of hydrogen-bond donors (Lipinski definition) is 1. The normalized spacial score (nSPS) is 13.8. The number of hydrogen-bond acceptors (Lipinski definition) is 8. The van der Waals surface area contributed by atoms with E-state index >= 15 is 0 Å². The van der Waals surface area contributed by atoms with Crippen molar-refractivity contribution in [2.45, 2.75) is 6.92 Å². The minimum atomic E-state index is -0.837. The van der Waals surface area contributed by atoms with Gasteiger partial charge in [-0.3, -0.25) is 15.1 Å². The summed E-state index contributed by atoms with van der Waals surface area (Å²) >= 11 is 0. The summed E-state index contributed by atoms with van der Waals surface area (Å²) < 4.78 is 24.9. The van der Waals surface area contributed by atoms with Gasteiger partial charge in [-0.15, -0.1) is 0 Å². The Labute approximate surface area is 182 Å². The first-order chi connectivity index (χ1) is 15.4. The van der Waals surface area contributed by atoms with E-state index in [1.807, 2.05) is 4.90 Å². The minimum absolute atomic E-state index is 0.0489. The number of halogens is 1. The topological polar surface area (TPSA) is 107 Å². The number of carbonyl (C=O) groups excluding carboxylic acids is 1. The van der Waals surface area contributed by atoms with Crippen LogP contribution < -0.4 is 10.2 Å². The average molecular weight is 440 g/mol. The zero-order chi connectivity index (χ0) is 22.8. The van der Waals surface area contributed by atoms with Crippen LogP contribution in [0.4, 0.5) is 27.1 Å². The van der Waals surface area contributed by atoms with Gasteiger partial charge < -0.3 is 19.7 Å². The molecule has 166 valence electrons. The number of anilines is 3. The number of nitro benzene ring substituents is 1. The van der Waals surface area contributed by atoms with Crippen molar-refractivity contribution in [1.29, 1.82) is 0 Å². The molecule has 0 unspecified atom stereocenters. The molecule has 0 aliphatic carbocycles. The number of benzene rings is 2. The van der Waals surface area contributed by atoms with Crippen LogP contribution in [-0.4, -0.2) is 49.3 Å². The number of aromatic nitrogens is 1. The molecule has 0 bridgehead atoms. The van der Waals surface area contributed by atoms with Gasteiger partial charge in [0.1, 0.15) is 17.1 Å². The smallest absolute Gasteiger partial charge is 0.345 e. The predicted molar refractivity (Wildman–Crippen MR) is 117 cm³/mol. The van der Waals surface area contributed by atoms with E-state index in [-0.39, 0.29) is 16.6 Å². The molecule has 0 spiro atoms. The number of aryl methyl sites for hydroxylation is 1. The van der Waals surface area contributed by atoms with E-state index in [0.29, 0.717) is 43.2 Å². The van der Waals surface area contributed by atoms with E-state index in [2.05, 4.69) is 10.3 Å². The van der Waals surface area contributed by atoms with Gasteiger partial charge in [0.15, 0.2) is 0 Å². The lowest BCUT2D eigenvalue weighted by Gasteiger charge is -2.29. The Bertz CT molecular complexity index is 1210. The molecule has 1 fully saturated rings. The number of carbonyl (C=O) groups is 1. The summed E-state index contributed by atoms with van der Waals surface area (Å²) in [4.78, 5) is 29.9. The molecule has 4 rings (SSSR count). The Balaban J connectivity index is 1.91. The fraction of sp³-hybridized carbons (Fsp3) is 0.273. The number of nitro groups is 1. The number of pyridine rings is 1. The molecule has 32 heavy (non-hydrogen) atoms. The molecule has 0 saturated carbocycles. The highest BCUT2D eigenvalue weighted by Crippen LogP contribution is 2.38. The van der Waals surface area contributed by atoms with Crippen LogP contribution >= 0.6 is 0 Å². The molecule has 1 aromatic heterocycles. The van der Waals surface area contributed by atoms with Crippen LogP contribution in [0.25, 0.3) is 10.9 Å². The molecule has 1 aliphatic rings. The number of fused-ring (bicyclic) bond motifs is 1. The van der Waals surface area contributed by atoms with Gasteiger partial charge in [0, 0.05) is 25.0 Å². The fourth-order valence-corrected chi connectivity index (χ4v) is 3.79. The zero-order valence-electron chi connectivity index (χ0n) is 17.6.